The summed E-state index contributed by atoms with van der Waals surface area (Å²) in [6.07, 6.45) is 12.5. The monoisotopic (exact) mass is 372 g/mol. The zero-order chi connectivity index (χ0) is 19.1. The Hall–Kier alpha value is -0.160. The molecule has 0 aliphatic carbocycles. The third-order valence-corrected chi connectivity index (χ3v) is 5.15. The molecule has 0 saturated carbocycles. The van der Waals surface area contributed by atoms with E-state index in [1.54, 1.807) is 0 Å². The molecule has 0 aromatic heterocycles. The molecule has 0 bridgehead atoms. The maximum atomic E-state index is 6.23. The van der Waals surface area contributed by atoms with Crippen LogP contribution in [-0.4, -0.2) is 44.9 Å². The van der Waals surface area contributed by atoms with Crippen LogP contribution in [0.2, 0.25) is 0 Å². The second-order valence-corrected chi connectivity index (χ2v) is 7.79. The predicted octanol–water partition coefficient (Wildman–Crippen LogP) is 5.73. The lowest BCUT2D eigenvalue weighted by atomic mass is 9.89. The minimum absolute atomic E-state index is 0.339. The van der Waals surface area contributed by atoms with Crippen LogP contribution < -0.4 is 0 Å². The van der Waals surface area contributed by atoms with E-state index in [0.29, 0.717) is 12.0 Å². The molecule has 1 heterocycles. The van der Waals surface area contributed by atoms with Crippen molar-refractivity contribution in [3.63, 3.8) is 0 Å². The summed E-state index contributed by atoms with van der Waals surface area (Å²) >= 11 is 0. The van der Waals surface area contributed by atoms with Crippen LogP contribution >= 0.6 is 0 Å². The van der Waals surface area contributed by atoms with Crippen LogP contribution in [0.3, 0.4) is 0 Å². The fourth-order valence-electron chi connectivity index (χ4n) is 3.33. The highest BCUT2D eigenvalue weighted by molar-refractivity contribution is 4.77. The smallest absolute Gasteiger partial charge is 0.168 e. The number of hydrogen-bond donors (Lipinski definition) is 0. The lowest BCUT2D eigenvalue weighted by Crippen LogP contribution is -2.42. The average molecular weight is 373 g/mol. The van der Waals surface area contributed by atoms with Crippen LogP contribution in [-0.2, 0) is 18.9 Å². The van der Waals surface area contributed by atoms with E-state index in [1.165, 1.54) is 38.5 Å². The molecule has 0 spiro atoms. The van der Waals surface area contributed by atoms with Gasteiger partial charge in [-0.2, -0.15) is 0 Å². The van der Waals surface area contributed by atoms with Crippen molar-refractivity contribution >= 4 is 0 Å². The summed E-state index contributed by atoms with van der Waals surface area (Å²) in [5.74, 6) is -0.110. The predicted molar refractivity (Wildman–Crippen MR) is 108 cm³/mol. The minimum atomic E-state index is -0.491. The van der Waals surface area contributed by atoms with Gasteiger partial charge in [0.15, 0.2) is 5.79 Å². The third-order valence-electron chi connectivity index (χ3n) is 5.15. The second-order valence-electron chi connectivity index (χ2n) is 7.79. The van der Waals surface area contributed by atoms with E-state index < -0.39 is 5.79 Å². The van der Waals surface area contributed by atoms with Gasteiger partial charge in [-0.1, -0.05) is 59.3 Å². The van der Waals surface area contributed by atoms with Crippen LogP contribution in [0, 0.1) is 5.92 Å². The van der Waals surface area contributed by atoms with Gasteiger partial charge in [0.1, 0.15) is 6.10 Å². The van der Waals surface area contributed by atoms with Crippen LogP contribution in [0.1, 0.15) is 91.9 Å². The molecule has 0 amide bonds. The molecule has 1 fully saturated rings. The lowest BCUT2D eigenvalue weighted by molar-refractivity contribution is -0.260. The largest absolute Gasteiger partial charge is 0.379 e. The van der Waals surface area contributed by atoms with E-state index in [-0.39, 0.29) is 0 Å². The molecule has 26 heavy (non-hydrogen) atoms. The van der Waals surface area contributed by atoms with Gasteiger partial charge >= 0.3 is 0 Å². The van der Waals surface area contributed by atoms with Gasteiger partial charge in [0.2, 0.25) is 0 Å². The summed E-state index contributed by atoms with van der Waals surface area (Å²) in [6, 6.07) is 0. The maximum Gasteiger partial charge on any atom is 0.168 e. The Morgan fingerprint density at radius 2 is 1.46 bits per heavy atom. The van der Waals surface area contributed by atoms with Crippen molar-refractivity contribution in [2.45, 2.75) is 104 Å². The van der Waals surface area contributed by atoms with Gasteiger partial charge in [-0.15, -0.1) is 0 Å². The highest BCUT2D eigenvalue weighted by Crippen LogP contribution is 2.32. The summed E-state index contributed by atoms with van der Waals surface area (Å²) < 4.78 is 23.5. The quantitative estimate of drug-likeness (QED) is 0.165. The second kappa shape index (κ2) is 14.8. The van der Waals surface area contributed by atoms with Gasteiger partial charge in [0, 0.05) is 25.7 Å². The molecule has 2 unspecified atom stereocenters. The van der Waals surface area contributed by atoms with Gasteiger partial charge in [-0.25, -0.2) is 0 Å². The lowest BCUT2D eigenvalue weighted by Gasteiger charge is -2.38. The van der Waals surface area contributed by atoms with Crippen molar-refractivity contribution in [1.82, 2.24) is 0 Å². The van der Waals surface area contributed by atoms with Crippen molar-refractivity contribution in [1.29, 1.82) is 0 Å². The number of hydrogen-bond acceptors (Lipinski definition) is 4. The first-order chi connectivity index (χ1) is 12.7. The average Bonchev–Trinajstić information content (AvgIpc) is 3.47. The van der Waals surface area contributed by atoms with E-state index in [2.05, 4.69) is 27.7 Å². The summed E-state index contributed by atoms with van der Waals surface area (Å²) in [6.45, 7) is 12.6. The van der Waals surface area contributed by atoms with E-state index in [0.717, 1.165) is 58.7 Å². The highest BCUT2D eigenvalue weighted by atomic mass is 16.7. The van der Waals surface area contributed by atoms with Gasteiger partial charge in [0.25, 0.3) is 0 Å². The Balaban J connectivity index is 2.48. The zero-order valence-corrected chi connectivity index (χ0v) is 17.9. The molecule has 0 aromatic rings. The standard InChI is InChI=1S/C22H44O4/c1-5-8-9-10-11-12-13-20(14-17-23-18-21-19-24-21)22(4,25-15-6-2)26-16-7-3/h20-21H,5-19H2,1-4H3. The highest BCUT2D eigenvalue weighted by Gasteiger charge is 2.35. The van der Waals surface area contributed by atoms with Crippen LogP contribution in [0.15, 0.2) is 0 Å². The van der Waals surface area contributed by atoms with Crippen LogP contribution in [0.5, 0.6) is 0 Å². The normalized spacial score (nSPS) is 18.2. The molecular weight excluding hydrogens is 328 g/mol. The van der Waals surface area contributed by atoms with Gasteiger partial charge < -0.3 is 18.9 Å². The molecule has 0 aromatic carbocycles. The molecule has 1 rings (SSSR count). The molecule has 2 atom stereocenters. The summed E-state index contributed by atoms with van der Waals surface area (Å²) in [5, 5.41) is 0. The molecule has 1 aliphatic rings. The Morgan fingerprint density at radius 1 is 0.846 bits per heavy atom. The molecule has 156 valence electrons. The molecule has 4 heteroatoms. The number of unbranched alkanes of at least 4 members (excludes halogenated alkanes) is 5. The first-order valence-electron chi connectivity index (χ1n) is 11.1. The molecular formula is C22H44O4. The van der Waals surface area contributed by atoms with Crippen molar-refractivity contribution in [2.24, 2.45) is 5.92 Å². The summed E-state index contributed by atoms with van der Waals surface area (Å²) in [5.41, 5.74) is 0. The fourth-order valence-corrected chi connectivity index (χ4v) is 3.33. The summed E-state index contributed by atoms with van der Waals surface area (Å²) in [4.78, 5) is 0. The number of ether oxygens (including phenoxy) is 4. The van der Waals surface area contributed by atoms with E-state index in [4.69, 9.17) is 18.9 Å². The van der Waals surface area contributed by atoms with Crippen molar-refractivity contribution in [3.05, 3.63) is 0 Å². The summed E-state index contributed by atoms with van der Waals surface area (Å²) in [7, 11) is 0. The topological polar surface area (TPSA) is 40.2 Å². The molecule has 0 radical (unpaired) electrons. The SMILES string of the molecule is CCCCCCCCC(CCOCC1CO1)C(C)(OCCC)OCCC. The van der Waals surface area contributed by atoms with Gasteiger partial charge in [0.05, 0.1) is 13.2 Å². The van der Waals surface area contributed by atoms with E-state index >= 15 is 0 Å². The number of rotatable bonds is 19. The molecule has 1 saturated heterocycles. The van der Waals surface area contributed by atoms with Crippen LogP contribution in [0.25, 0.3) is 0 Å². The Morgan fingerprint density at radius 3 is 2.04 bits per heavy atom. The van der Waals surface area contributed by atoms with E-state index in [1.807, 2.05) is 0 Å². The van der Waals surface area contributed by atoms with Crippen LogP contribution in [0.4, 0.5) is 0 Å². The number of epoxide rings is 1. The maximum absolute atomic E-state index is 6.23. The van der Waals surface area contributed by atoms with Crippen molar-refractivity contribution < 1.29 is 18.9 Å². The minimum Gasteiger partial charge on any atom is -0.379 e. The van der Waals surface area contributed by atoms with Crippen molar-refractivity contribution in [2.75, 3.05) is 33.0 Å². The first kappa shape index (κ1) is 23.9. The molecule has 0 N–H and O–H groups in total. The van der Waals surface area contributed by atoms with Crippen molar-refractivity contribution in [3.8, 4) is 0 Å². The van der Waals surface area contributed by atoms with E-state index in [9.17, 15) is 0 Å². The zero-order valence-electron chi connectivity index (χ0n) is 17.9. The molecule has 1 aliphatic heterocycles. The van der Waals surface area contributed by atoms with Gasteiger partial charge in [-0.05, 0) is 32.6 Å². The Kier molecular flexibility index (Phi) is 13.6. The fraction of sp³-hybridized carbons (Fsp3) is 1.00. The Labute approximate surface area is 162 Å². The molecule has 4 nitrogen and oxygen atoms in total. The third kappa shape index (κ3) is 10.9. The first-order valence-corrected chi connectivity index (χ1v) is 11.1. The van der Waals surface area contributed by atoms with Gasteiger partial charge in [-0.3, -0.25) is 0 Å². The Bertz CT molecular complexity index is 309.